The number of benzene rings is 4. The van der Waals surface area contributed by atoms with Crippen molar-refractivity contribution in [2.24, 2.45) is 0 Å². The van der Waals surface area contributed by atoms with Crippen LogP contribution < -0.4 is 9.64 Å². The average molecular weight is 470 g/mol. The molecule has 0 unspecified atom stereocenters. The standard InChI is InChI=1S/C30H31NO4/c1-17-10-29(34)22(6)30(11-17)35-24-9-7-8-23(16-24)31(25-12-20(4)27(32)14-18(25)2)26-13-21(5)28(33)15-19(26)3/h7-16,32-34H,1-6H3. The van der Waals surface area contributed by atoms with E-state index in [1.807, 2.05) is 84.0 Å². The number of ether oxygens (including phenoxy) is 1. The first-order chi connectivity index (χ1) is 16.5. The molecule has 5 heteroatoms. The lowest BCUT2D eigenvalue weighted by atomic mass is 10.0. The molecule has 0 bridgehead atoms. The number of hydrogen-bond donors (Lipinski definition) is 3. The molecule has 0 saturated heterocycles. The van der Waals surface area contributed by atoms with Gasteiger partial charge in [0.05, 0.1) is 0 Å². The van der Waals surface area contributed by atoms with Crippen LogP contribution in [0.2, 0.25) is 0 Å². The van der Waals surface area contributed by atoms with Crippen LogP contribution in [0.3, 0.4) is 0 Å². The SMILES string of the molecule is Cc1cc(O)c(C)c(Oc2cccc(N(c3cc(C)c(O)cc3C)c3cc(C)c(O)cc3C)c2)c1. The summed E-state index contributed by atoms with van der Waals surface area (Å²) in [6, 6.07) is 18.8. The monoisotopic (exact) mass is 469 g/mol. The number of rotatable bonds is 5. The molecule has 4 aromatic carbocycles. The molecule has 5 nitrogen and oxygen atoms in total. The second-order valence-electron chi connectivity index (χ2n) is 9.19. The van der Waals surface area contributed by atoms with Crippen molar-refractivity contribution in [3.8, 4) is 28.7 Å². The third-order valence-corrected chi connectivity index (χ3v) is 6.29. The van der Waals surface area contributed by atoms with Crippen molar-refractivity contribution in [1.82, 2.24) is 0 Å². The minimum absolute atomic E-state index is 0.197. The summed E-state index contributed by atoms with van der Waals surface area (Å²) in [4.78, 5) is 2.11. The maximum atomic E-state index is 10.3. The van der Waals surface area contributed by atoms with E-state index in [-0.39, 0.29) is 17.2 Å². The summed E-state index contributed by atoms with van der Waals surface area (Å²) in [5, 5.41) is 30.8. The molecule has 0 amide bonds. The van der Waals surface area contributed by atoms with Crippen molar-refractivity contribution in [3.05, 3.63) is 94.0 Å². The van der Waals surface area contributed by atoms with Gasteiger partial charge in [0, 0.05) is 28.7 Å². The molecule has 0 saturated carbocycles. The number of phenols is 3. The van der Waals surface area contributed by atoms with E-state index < -0.39 is 0 Å². The second-order valence-corrected chi connectivity index (χ2v) is 9.19. The van der Waals surface area contributed by atoms with Gasteiger partial charge in [-0.1, -0.05) is 6.07 Å². The van der Waals surface area contributed by atoms with Gasteiger partial charge in [-0.3, -0.25) is 0 Å². The number of hydrogen-bond acceptors (Lipinski definition) is 5. The van der Waals surface area contributed by atoms with Crippen molar-refractivity contribution < 1.29 is 20.1 Å². The summed E-state index contributed by atoms with van der Waals surface area (Å²) in [6.07, 6.45) is 0. The Balaban J connectivity index is 1.88. The van der Waals surface area contributed by atoms with Crippen LogP contribution in [-0.4, -0.2) is 15.3 Å². The van der Waals surface area contributed by atoms with E-state index in [2.05, 4.69) is 4.90 Å². The Kier molecular flexibility index (Phi) is 6.35. The van der Waals surface area contributed by atoms with Crippen LogP contribution in [0.15, 0.2) is 60.7 Å². The highest BCUT2D eigenvalue weighted by molar-refractivity contribution is 5.82. The molecule has 4 rings (SSSR count). The molecule has 0 aliphatic carbocycles. The van der Waals surface area contributed by atoms with Crippen molar-refractivity contribution in [3.63, 3.8) is 0 Å². The fourth-order valence-corrected chi connectivity index (χ4v) is 4.19. The van der Waals surface area contributed by atoms with E-state index in [1.165, 1.54) is 0 Å². The zero-order valence-corrected chi connectivity index (χ0v) is 21.0. The number of phenolic OH excluding ortho intramolecular Hbond substituents is 3. The second kappa shape index (κ2) is 9.26. The normalized spacial score (nSPS) is 10.9. The quantitative estimate of drug-likeness (QED) is 0.277. The number of nitrogens with zero attached hydrogens (tertiary/aromatic N) is 1. The van der Waals surface area contributed by atoms with E-state index in [1.54, 1.807) is 18.2 Å². The summed E-state index contributed by atoms with van der Waals surface area (Å²) >= 11 is 0. The molecule has 0 fully saturated rings. The lowest BCUT2D eigenvalue weighted by Crippen LogP contribution is -2.13. The van der Waals surface area contributed by atoms with E-state index in [9.17, 15) is 15.3 Å². The van der Waals surface area contributed by atoms with E-state index in [0.717, 1.165) is 44.9 Å². The zero-order valence-electron chi connectivity index (χ0n) is 21.0. The fraction of sp³-hybridized carbons (Fsp3) is 0.200. The maximum absolute atomic E-state index is 10.3. The van der Waals surface area contributed by atoms with E-state index in [4.69, 9.17) is 4.74 Å². The highest BCUT2D eigenvalue weighted by atomic mass is 16.5. The first-order valence-electron chi connectivity index (χ1n) is 11.5. The molecule has 3 N–H and O–H groups in total. The van der Waals surface area contributed by atoms with Crippen LogP contribution in [0.5, 0.6) is 28.7 Å². The Hall–Kier alpha value is -4.12. The molecular formula is C30H31NO4. The minimum atomic E-state index is 0.197. The molecule has 0 spiro atoms. The summed E-state index contributed by atoms with van der Waals surface area (Å²) < 4.78 is 6.21. The Bertz CT molecular complexity index is 1370. The summed E-state index contributed by atoms with van der Waals surface area (Å²) in [7, 11) is 0. The van der Waals surface area contributed by atoms with Crippen LogP contribution >= 0.6 is 0 Å². The van der Waals surface area contributed by atoms with Gasteiger partial charge in [-0.05, 0) is 118 Å². The molecule has 0 aliphatic heterocycles. The van der Waals surface area contributed by atoms with Gasteiger partial charge in [-0.25, -0.2) is 0 Å². The largest absolute Gasteiger partial charge is 0.508 e. The predicted octanol–water partition coefficient (Wildman–Crippen LogP) is 7.92. The smallest absolute Gasteiger partial charge is 0.134 e. The Morgan fingerprint density at radius 3 is 1.74 bits per heavy atom. The minimum Gasteiger partial charge on any atom is -0.508 e. The lowest BCUT2D eigenvalue weighted by Gasteiger charge is -2.30. The first-order valence-corrected chi connectivity index (χ1v) is 11.5. The average Bonchev–Trinajstić information content (AvgIpc) is 2.79. The fourth-order valence-electron chi connectivity index (χ4n) is 4.19. The van der Waals surface area contributed by atoms with Crippen LogP contribution in [0.1, 0.15) is 33.4 Å². The van der Waals surface area contributed by atoms with Crippen LogP contribution in [-0.2, 0) is 0 Å². The third-order valence-electron chi connectivity index (χ3n) is 6.29. The summed E-state index contributed by atoms with van der Waals surface area (Å²) in [5.74, 6) is 1.91. The molecular weight excluding hydrogens is 438 g/mol. The number of aryl methyl sites for hydroxylation is 5. The van der Waals surface area contributed by atoms with Crippen molar-refractivity contribution >= 4 is 17.1 Å². The Labute approximate surface area is 206 Å². The van der Waals surface area contributed by atoms with Crippen LogP contribution in [0, 0.1) is 41.5 Å². The lowest BCUT2D eigenvalue weighted by molar-refractivity contribution is 0.447. The highest BCUT2D eigenvalue weighted by Crippen LogP contribution is 2.43. The van der Waals surface area contributed by atoms with Gasteiger partial charge >= 0.3 is 0 Å². The Morgan fingerprint density at radius 1 is 0.600 bits per heavy atom. The molecule has 180 valence electrons. The zero-order chi connectivity index (χ0) is 25.4. The van der Waals surface area contributed by atoms with E-state index >= 15 is 0 Å². The summed E-state index contributed by atoms with van der Waals surface area (Å²) in [6.45, 7) is 11.4. The van der Waals surface area contributed by atoms with Crippen LogP contribution in [0.25, 0.3) is 0 Å². The van der Waals surface area contributed by atoms with Gasteiger partial charge in [-0.2, -0.15) is 0 Å². The number of anilines is 3. The van der Waals surface area contributed by atoms with Gasteiger partial charge < -0.3 is 25.0 Å². The molecule has 0 aliphatic rings. The first kappa shape index (κ1) is 24.0. The predicted molar refractivity (Wildman–Crippen MR) is 141 cm³/mol. The molecule has 4 aromatic rings. The van der Waals surface area contributed by atoms with Gasteiger partial charge in [0.1, 0.15) is 28.7 Å². The van der Waals surface area contributed by atoms with E-state index in [0.29, 0.717) is 17.1 Å². The summed E-state index contributed by atoms with van der Waals surface area (Å²) in [5.41, 5.74) is 7.61. The molecule has 0 atom stereocenters. The van der Waals surface area contributed by atoms with Gasteiger partial charge in [0.25, 0.3) is 0 Å². The molecule has 35 heavy (non-hydrogen) atoms. The number of aromatic hydroxyl groups is 3. The maximum Gasteiger partial charge on any atom is 0.134 e. The third kappa shape index (κ3) is 4.76. The van der Waals surface area contributed by atoms with Crippen molar-refractivity contribution in [1.29, 1.82) is 0 Å². The van der Waals surface area contributed by atoms with Gasteiger partial charge in [0.2, 0.25) is 0 Å². The molecule has 0 radical (unpaired) electrons. The Morgan fingerprint density at radius 2 is 1.17 bits per heavy atom. The van der Waals surface area contributed by atoms with Crippen molar-refractivity contribution in [2.75, 3.05) is 4.90 Å². The van der Waals surface area contributed by atoms with Crippen LogP contribution in [0.4, 0.5) is 17.1 Å². The highest BCUT2D eigenvalue weighted by Gasteiger charge is 2.20. The van der Waals surface area contributed by atoms with Gasteiger partial charge in [-0.15, -0.1) is 0 Å². The topological polar surface area (TPSA) is 73.2 Å². The molecule has 0 heterocycles. The van der Waals surface area contributed by atoms with Crippen molar-refractivity contribution in [2.45, 2.75) is 41.5 Å². The van der Waals surface area contributed by atoms with Gasteiger partial charge in [0.15, 0.2) is 0 Å². The molecule has 0 aromatic heterocycles.